The zero-order chi connectivity index (χ0) is 29.6. The molecule has 1 fully saturated rings. The van der Waals surface area contributed by atoms with Crippen molar-refractivity contribution in [1.29, 1.82) is 0 Å². The molecule has 9 nitrogen and oxygen atoms in total. The molecule has 0 saturated carbocycles. The number of anilines is 1. The van der Waals surface area contributed by atoms with Gasteiger partial charge in [-0.05, 0) is 29.7 Å². The number of fused-ring (bicyclic) bond motifs is 1. The molecule has 0 atom stereocenters. The number of benzene rings is 3. The normalized spacial score (nSPS) is 13.4. The molecule has 0 aliphatic carbocycles. The largest absolute Gasteiger partial charge is 0.445 e. The Hall–Kier alpha value is -4.73. The molecule has 0 bridgehead atoms. The second-order valence-corrected chi connectivity index (χ2v) is 10.6. The maximum Gasteiger partial charge on any atom is 0.410 e. The van der Waals surface area contributed by atoms with Gasteiger partial charge in [0.05, 0.1) is 31.2 Å². The van der Waals surface area contributed by atoms with Crippen molar-refractivity contribution in [2.75, 3.05) is 44.3 Å². The summed E-state index contributed by atoms with van der Waals surface area (Å²) in [6.45, 7) is 5.30. The molecule has 1 N–H and O–H groups in total. The van der Waals surface area contributed by atoms with Crippen LogP contribution in [0.1, 0.15) is 16.8 Å². The number of carbonyl (C=O) groups is 1. The highest BCUT2D eigenvalue weighted by Gasteiger charge is 2.26. The summed E-state index contributed by atoms with van der Waals surface area (Å²) < 4.78 is 13.1. The van der Waals surface area contributed by atoms with Crippen LogP contribution in [0.15, 0.2) is 91.0 Å². The Morgan fingerprint density at radius 2 is 1.53 bits per heavy atom. The molecular weight excluding hydrogens is 542 g/mol. The Morgan fingerprint density at radius 1 is 0.837 bits per heavy atom. The van der Waals surface area contributed by atoms with Gasteiger partial charge in [-0.25, -0.2) is 9.78 Å². The molecule has 1 amide bonds. The lowest BCUT2D eigenvalue weighted by atomic mass is 10.1. The van der Waals surface area contributed by atoms with Crippen molar-refractivity contribution in [1.82, 2.24) is 19.5 Å². The van der Waals surface area contributed by atoms with Crippen molar-refractivity contribution in [2.45, 2.75) is 20.1 Å². The minimum atomic E-state index is -0.300. The van der Waals surface area contributed by atoms with Crippen LogP contribution >= 0.6 is 0 Å². The van der Waals surface area contributed by atoms with Crippen LogP contribution in [-0.4, -0.2) is 70.1 Å². The monoisotopic (exact) mass is 577 g/mol. The molecule has 3 aromatic carbocycles. The van der Waals surface area contributed by atoms with Crippen LogP contribution in [0.4, 0.5) is 10.6 Å². The summed E-state index contributed by atoms with van der Waals surface area (Å²) in [4.78, 5) is 22.0. The first kappa shape index (κ1) is 28.4. The summed E-state index contributed by atoms with van der Waals surface area (Å²) in [6.07, 6.45) is -0.300. The van der Waals surface area contributed by atoms with E-state index in [1.807, 2.05) is 78.2 Å². The van der Waals surface area contributed by atoms with E-state index in [0.29, 0.717) is 39.4 Å². The molecule has 0 radical (unpaired) electrons. The van der Waals surface area contributed by atoms with Crippen molar-refractivity contribution in [2.24, 2.45) is 0 Å². The summed E-state index contributed by atoms with van der Waals surface area (Å²) >= 11 is 0. The Morgan fingerprint density at radius 3 is 2.28 bits per heavy atom. The first-order chi connectivity index (χ1) is 21.1. The maximum atomic E-state index is 12.8. The van der Waals surface area contributed by atoms with Gasteiger partial charge in [-0.15, -0.1) is 0 Å². The van der Waals surface area contributed by atoms with Gasteiger partial charge in [-0.1, -0.05) is 78.9 Å². The number of nitrogens with zero attached hydrogens (tertiary/aromatic N) is 5. The van der Waals surface area contributed by atoms with Crippen LogP contribution < -0.4 is 4.90 Å². The number of carbonyl (C=O) groups excluding carboxylic acids is 1. The van der Waals surface area contributed by atoms with Gasteiger partial charge in [0, 0.05) is 43.4 Å². The van der Waals surface area contributed by atoms with Crippen LogP contribution in [0.3, 0.4) is 0 Å². The Bertz CT molecular complexity index is 1680. The smallest absolute Gasteiger partial charge is 0.410 e. The highest BCUT2D eigenvalue weighted by molar-refractivity contribution is 5.83. The van der Waals surface area contributed by atoms with Crippen molar-refractivity contribution in [3.63, 3.8) is 0 Å². The van der Waals surface area contributed by atoms with E-state index in [1.54, 1.807) is 4.90 Å². The van der Waals surface area contributed by atoms with E-state index in [0.717, 1.165) is 50.7 Å². The Kier molecular flexibility index (Phi) is 8.62. The van der Waals surface area contributed by atoms with E-state index in [4.69, 9.17) is 24.7 Å². The minimum absolute atomic E-state index is 0.0118. The molecule has 2 aromatic heterocycles. The fraction of sp³-hybridized carbons (Fsp3) is 0.265. The number of hydrogen-bond acceptors (Lipinski definition) is 7. The van der Waals surface area contributed by atoms with Gasteiger partial charge in [0.1, 0.15) is 12.4 Å². The van der Waals surface area contributed by atoms with Gasteiger partial charge in [0.2, 0.25) is 0 Å². The van der Waals surface area contributed by atoms with Crippen molar-refractivity contribution in [3.8, 4) is 22.4 Å². The Labute approximate surface area is 250 Å². The minimum Gasteiger partial charge on any atom is -0.445 e. The lowest BCUT2D eigenvalue weighted by Crippen LogP contribution is -2.49. The zero-order valence-corrected chi connectivity index (χ0v) is 24.2. The lowest BCUT2D eigenvalue weighted by Gasteiger charge is -2.35. The van der Waals surface area contributed by atoms with Crippen molar-refractivity contribution >= 4 is 17.6 Å². The van der Waals surface area contributed by atoms with Gasteiger partial charge in [-0.3, -0.25) is 0 Å². The standard InChI is InChI=1S/C34H35N5O4/c1-25-32(28-12-6-3-7-13-28)33-35-30(29-14-8-11-27(21-29)23-42-20-19-40)22-31(39(33)36-25)37-15-17-38(18-16-37)34(41)43-24-26-9-4-2-5-10-26/h2-14,21-22,40H,15-20,23-24H2,1H3. The molecular formula is C34H35N5O4. The molecule has 1 aliphatic rings. The number of amides is 1. The Balaban J connectivity index is 1.30. The van der Waals surface area contributed by atoms with E-state index < -0.39 is 0 Å². The fourth-order valence-electron chi connectivity index (χ4n) is 5.43. The summed E-state index contributed by atoms with van der Waals surface area (Å²) in [5.41, 5.74) is 7.49. The zero-order valence-electron chi connectivity index (χ0n) is 24.2. The summed E-state index contributed by atoms with van der Waals surface area (Å²) in [5.74, 6) is 0.921. The van der Waals surface area contributed by atoms with E-state index >= 15 is 0 Å². The van der Waals surface area contributed by atoms with Crippen LogP contribution in [0, 0.1) is 6.92 Å². The van der Waals surface area contributed by atoms with E-state index in [1.165, 1.54) is 0 Å². The van der Waals surface area contributed by atoms with Gasteiger partial charge in [-0.2, -0.15) is 9.61 Å². The molecule has 1 aliphatic heterocycles. The number of rotatable bonds is 9. The molecule has 5 aromatic rings. The molecule has 0 unspecified atom stereocenters. The van der Waals surface area contributed by atoms with Crippen LogP contribution in [0.25, 0.3) is 28.0 Å². The number of aliphatic hydroxyl groups is 1. The van der Waals surface area contributed by atoms with E-state index in [9.17, 15) is 4.79 Å². The molecule has 0 spiro atoms. The summed E-state index contributed by atoms with van der Waals surface area (Å²) in [7, 11) is 0. The lowest BCUT2D eigenvalue weighted by molar-refractivity contribution is 0.0816. The molecule has 1 saturated heterocycles. The first-order valence-electron chi connectivity index (χ1n) is 14.5. The predicted octanol–water partition coefficient (Wildman–Crippen LogP) is 5.34. The van der Waals surface area contributed by atoms with Crippen molar-refractivity contribution < 1.29 is 19.4 Å². The number of hydrogen-bond donors (Lipinski definition) is 1. The van der Waals surface area contributed by atoms with Crippen LogP contribution in [0.5, 0.6) is 0 Å². The third-order valence-corrected chi connectivity index (χ3v) is 7.60. The van der Waals surface area contributed by atoms with Gasteiger partial charge >= 0.3 is 6.09 Å². The predicted molar refractivity (Wildman–Crippen MR) is 166 cm³/mol. The highest BCUT2D eigenvalue weighted by atomic mass is 16.6. The van der Waals surface area contributed by atoms with Gasteiger partial charge < -0.3 is 24.4 Å². The average Bonchev–Trinajstić information content (AvgIpc) is 3.40. The SMILES string of the molecule is Cc1nn2c(N3CCN(C(=O)OCc4ccccc4)CC3)cc(-c3cccc(COCCO)c3)nc2c1-c1ccccc1. The average molecular weight is 578 g/mol. The number of aryl methyl sites for hydroxylation is 1. The van der Waals surface area contributed by atoms with E-state index in [-0.39, 0.29) is 19.3 Å². The molecule has 220 valence electrons. The van der Waals surface area contributed by atoms with Crippen molar-refractivity contribution in [3.05, 3.63) is 108 Å². The summed E-state index contributed by atoms with van der Waals surface area (Å²) in [6, 6.07) is 30.1. The second kappa shape index (κ2) is 13.1. The third kappa shape index (κ3) is 6.38. The van der Waals surface area contributed by atoms with Gasteiger partial charge in [0.15, 0.2) is 5.65 Å². The molecule has 6 rings (SSSR count). The molecule has 43 heavy (non-hydrogen) atoms. The first-order valence-corrected chi connectivity index (χ1v) is 14.5. The second-order valence-electron chi connectivity index (χ2n) is 10.6. The molecule has 9 heteroatoms. The van der Waals surface area contributed by atoms with Crippen LogP contribution in [-0.2, 0) is 22.7 Å². The number of aliphatic hydroxyl groups excluding tert-OH is 1. The maximum absolute atomic E-state index is 12.8. The quantitative estimate of drug-likeness (QED) is 0.237. The topological polar surface area (TPSA) is 92.4 Å². The number of piperazine rings is 1. The van der Waals surface area contributed by atoms with Crippen LogP contribution in [0.2, 0.25) is 0 Å². The highest BCUT2D eigenvalue weighted by Crippen LogP contribution is 2.33. The van der Waals surface area contributed by atoms with E-state index in [2.05, 4.69) is 29.2 Å². The number of aromatic nitrogens is 3. The molecule has 3 heterocycles. The number of ether oxygens (including phenoxy) is 2. The van der Waals surface area contributed by atoms with Gasteiger partial charge in [0.25, 0.3) is 0 Å². The fourth-order valence-corrected chi connectivity index (χ4v) is 5.43. The third-order valence-electron chi connectivity index (χ3n) is 7.60. The summed E-state index contributed by atoms with van der Waals surface area (Å²) in [5, 5.41) is 14.0.